The van der Waals surface area contributed by atoms with Gasteiger partial charge in [-0.3, -0.25) is 4.90 Å². The normalized spacial score (nSPS) is 20.7. The fraction of sp³-hybridized carbons (Fsp3) is 0.600. The van der Waals surface area contributed by atoms with Crippen molar-refractivity contribution in [3.63, 3.8) is 0 Å². The molecule has 0 saturated carbocycles. The van der Waals surface area contributed by atoms with Crippen LogP contribution in [0.15, 0.2) is 30.3 Å². The third-order valence-corrected chi connectivity index (χ3v) is 3.34. The van der Waals surface area contributed by atoms with Crippen molar-refractivity contribution in [2.24, 2.45) is 5.92 Å². The Labute approximate surface area is 117 Å². The van der Waals surface area contributed by atoms with E-state index in [1.165, 1.54) is 25.1 Å². The molecule has 18 heavy (non-hydrogen) atoms. The van der Waals surface area contributed by atoms with E-state index in [4.69, 9.17) is 0 Å². The predicted molar refractivity (Wildman–Crippen MR) is 80.2 cm³/mol. The van der Waals surface area contributed by atoms with Crippen molar-refractivity contribution in [1.82, 2.24) is 10.2 Å². The summed E-state index contributed by atoms with van der Waals surface area (Å²) in [5.74, 6) is 0.782. The molecule has 1 fully saturated rings. The van der Waals surface area contributed by atoms with Crippen molar-refractivity contribution < 1.29 is 0 Å². The van der Waals surface area contributed by atoms with Gasteiger partial charge in [-0.05, 0) is 17.9 Å². The van der Waals surface area contributed by atoms with Crippen LogP contribution in [0.1, 0.15) is 25.8 Å². The summed E-state index contributed by atoms with van der Waals surface area (Å²) in [6, 6.07) is 11.5. The molecule has 1 aromatic rings. The second-order valence-corrected chi connectivity index (χ2v) is 5.50. The summed E-state index contributed by atoms with van der Waals surface area (Å²) in [5.41, 5.74) is 1.43. The van der Waals surface area contributed by atoms with Crippen molar-refractivity contribution in [3.05, 3.63) is 35.9 Å². The summed E-state index contributed by atoms with van der Waals surface area (Å²) in [6.07, 6.45) is 1.28. The molecule has 1 heterocycles. The Morgan fingerprint density at radius 1 is 1.28 bits per heavy atom. The monoisotopic (exact) mass is 268 g/mol. The fourth-order valence-electron chi connectivity index (χ4n) is 2.61. The molecule has 0 amide bonds. The van der Waals surface area contributed by atoms with Gasteiger partial charge in [0.25, 0.3) is 0 Å². The minimum atomic E-state index is 0. The largest absolute Gasteiger partial charge is 0.311 e. The summed E-state index contributed by atoms with van der Waals surface area (Å²) in [5, 5.41) is 3.62. The van der Waals surface area contributed by atoms with Crippen LogP contribution in [0.5, 0.6) is 0 Å². The van der Waals surface area contributed by atoms with Gasteiger partial charge in [-0.15, -0.1) is 12.4 Å². The quantitative estimate of drug-likeness (QED) is 0.903. The molecule has 2 nitrogen and oxygen atoms in total. The number of nitrogens with zero attached hydrogens (tertiary/aromatic N) is 1. The first-order valence-corrected chi connectivity index (χ1v) is 6.73. The van der Waals surface area contributed by atoms with Gasteiger partial charge in [-0.25, -0.2) is 0 Å². The number of piperazine rings is 1. The molecule has 2 rings (SSSR count). The minimum absolute atomic E-state index is 0. The molecular weight excluding hydrogens is 244 g/mol. The molecule has 0 aliphatic carbocycles. The van der Waals surface area contributed by atoms with Gasteiger partial charge in [-0.2, -0.15) is 0 Å². The number of benzene rings is 1. The highest BCUT2D eigenvalue weighted by atomic mass is 35.5. The zero-order valence-electron chi connectivity index (χ0n) is 11.4. The second-order valence-electron chi connectivity index (χ2n) is 5.50. The highest BCUT2D eigenvalue weighted by molar-refractivity contribution is 5.85. The van der Waals surface area contributed by atoms with Crippen LogP contribution in [-0.4, -0.2) is 30.6 Å². The summed E-state index contributed by atoms with van der Waals surface area (Å²) in [6.45, 7) is 9.19. The number of rotatable bonds is 4. The lowest BCUT2D eigenvalue weighted by atomic mass is 10.0. The van der Waals surface area contributed by atoms with Gasteiger partial charge in [0.2, 0.25) is 0 Å². The maximum atomic E-state index is 3.62. The molecule has 0 radical (unpaired) electrons. The first-order valence-electron chi connectivity index (χ1n) is 6.73. The zero-order chi connectivity index (χ0) is 12.1. The molecule has 0 unspecified atom stereocenters. The van der Waals surface area contributed by atoms with E-state index in [9.17, 15) is 0 Å². The van der Waals surface area contributed by atoms with E-state index >= 15 is 0 Å². The van der Waals surface area contributed by atoms with E-state index in [-0.39, 0.29) is 12.4 Å². The molecule has 102 valence electrons. The smallest absolute Gasteiger partial charge is 0.0234 e. The van der Waals surface area contributed by atoms with E-state index in [1.54, 1.807) is 0 Å². The topological polar surface area (TPSA) is 15.3 Å². The van der Waals surface area contributed by atoms with Crippen LogP contribution in [0, 0.1) is 5.92 Å². The molecule has 0 spiro atoms. The van der Waals surface area contributed by atoms with E-state index in [1.807, 2.05) is 0 Å². The van der Waals surface area contributed by atoms with Crippen LogP contribution in [-0.2, 0) is 6.54 Å². The lowest BCUT2D eigenvalue weighted by Gasteiger charge is -2.34. The molecule has 3 heteroatoms. The maximum Gasteiger partial charge on any atom is 0.0234 e. The van der Waals surface area contributed by atoms with Crippen molar-refractivity contribution in [3.8, 4) is 0 Å². The Hall–Kier alpha value is -0.570. The maximum absolute atomic E-state index is 3.62. The third kappa shape index (κ3) is 4.97. The fourth-order valence-corrected chi connectivity index (χ4v) is 2.61. The lowest BCUT2D eigenvalue weighted by molar-refractivity contribution is 0.179. The van der Waals surface area contributed by atoms with Gasteiger partial charge in [0.15, 0.2) is 0 Å². The Morgan fingerprint density at radius 3 is 2.67 bits per heavy atom. The molecular formula is C15H25ClN2. The molecule has 1 saturated heterocycles. The summed E-state index contributed by atoms with van der Waals surface area (Å²) in [4.78, 5) is 2.57. The summed E-state index contributed by atoms with van der Waals surface area (Å²) < 4.78 is 0. The number of hydrogen-bond donors (Lipinski definition) is 1. The summed E-state index contributed by atoms with van der Waals surface area (Å²) >= 11 is 0. The zero-order valence-corrected chi connectivity index (χ0v) is 12.2. The SMILES string of the molecule is CC(C)C[C@H]1CN(Cc2ccccc2)CCN1.Cl. The molecule has 1 aliphatic rings. The van der Waals surface area contributed by atoms with Gasteiger partial charge in [-0.1, -0.05) is 44.2 Å². The van der Waals surface area contributed by atoms with E-state index < -0.39 is 0 Å². The van der Waals surface area contributed by atoms with Crippen molar-refractivity contribution >= 4 is 12.4 Å². The van der Waals surface area contributed by atoms with Gasteiger partial charge in [0, 0.05) is 32.2 Å². The first-order chi connectivity index (χ1) is 8.24. The molecule has 1 aliphatic heterocycles. The van der Waals surface area contributed by atoms with Crippen LogP contribution in [0.3, 0.4) is 0 Å². The third-order valence-electron chi connectivity index (χ3n) is 3.34. The second kappa shape index (κ2) is 7.78. The highest BCUT2D eigenvalue weighted by Crippen LogP contribution is 2.12. The summed E-state index contributed by atoms with van der Waals surface area (Å²) in [7, 11) is 0. The Bertz CT molecular complexity index is 327. The van der Waals surface area contributed by atoms with Crippen molar-refractivity contribution in [1.29, 1.82) is 0 Å². The van der Waals surface area contributed by atoms with E-state index in [0.29, 0.717) is 6.04 Å². The number of halogens is 1. The molecule has 0 bridgehead atoms. The van der Waals surface area contributed by atoms with E-state index in [0.717, 1.165) is 19.0 Å². The van der Waals surface area contributed by atoms with Gasteiger partial charge in [0.05, 0.1) is 0 Å². The predicted octanol–water partition coefficient (Wildman–Crippen LogP) is 2.93. The van der Waals surface area contributed by atoms with Crippen molar-refractivity contribution in [2.75, 3.05) is 19.6 Å². The van der Waals surface area contributed by atoms with Crippen LogP contribution in [0.4, 0.5) is 0 Å². The number of nitrogens with one attached hydrogen (secondary N) is 1. The molecule has 0 aromatic heterocycles. The number of hydrogen-bond acceptors (Lipinski definition) is 2. The highest BCUT2D eigenvalue weighted by Gasteiger charge is 2.19. The molecule has 1 N–H and O–H groups in total. The Morgan fingerprint density at radius 2 is 2.00 bits per heavy atom. The standard InChI is InChI=1S/C15H24N2.ClH/c1-13(2)10-15-12-17(9-8-16-15)11-14-6-4-3-5-7-14;/h3-7,13,15-16H,8-12H2,1-2H3;1H/t15-;/m0./s1. The van der Waals surface area contributed by atoms with Crippen LogP contribution in [0.2, 0.25) is 0 Å². The lowest BCUT2D eigenvalue weighted by Crippen LogP contribution is -2.50. The molecule has 1 atom stereocenters. The van der Waals surface area contributed by atoms with Crippen molar-refractivity contribution in [2.45, 2.75) is 32.9 Å². The average Bonchev–Trinajstić information content (AvgIpc) is 2.30. The Balaban J connectivity index is 0.00000162. The minimum Gasteiger partial charge on any atom is -0.311 e. The Kier molecular flexibility index (Phi) is 6.69. The van der Waals surface area contributed by atoms with Crippen LogP contribution < -0.4 is 5.32 Å². The van der Waals surface area contributed by atoms with Gasteiger partial charge < -0.3 is 5.32 Å². The van der Waals surface area contributed by atoms with Crippen LogP contribution in [0.25, 0.3) is 0 Å². The van der Waals surface area contributed by atoms with E-state index in [2.05, 4.69) is 54.4 Å². The average molecular weight is 269 g/mol. The van der Waals surface area contributed by atoms with Gasteiger partial charge in [0.1, 0.15) is 0 Å². The van der Waals surface area contributed by atoms with Crippen LogP contribution >= 0.6 is 12.4 Å². The first kappa shape index (κ1) is 15.5. The van der Waals surface area contributed by atoms with Gasteiger partial charge >= 0.3 is 0 Å². The molecule has 1 aromatic carbocycles.